The van der Waals surface area contributed by atoms with Crippen molar-refractivity contribution in [2.24, 2.45) is 0 Å². The largest absolute Gasteiger partial charge is 0.494 e. The molecule has 20 heavy (non-hydrogen) atoms. The van der Waals surface area contributed by atoms with Crippen LogP contribution in [0.4, 0.5) is 5.82 Å². The molecule has 0 saturated heterocycles. The standard InChI is InChI=1S/C16H23N3O/c1-5-10-20-13-8-6-12(7-9-13)14-15(17)19(11-18-14)16(2,3)4/h6-9,11H,5,10,17H2,1-4H3. The number of hydrogen-bond acceptors (Lipinski definition) is 3. The fourth-order valence-electron chi connectivity index (χ4n) is 2.04. The fourth-order valence-corrected chi connectivity index (χ4v) is 2.04. The molecule has 1 heterocycles. The van der Waals surface area contributed by atoms with Crippen LogP contribution >= 0.6 is 0 Å². The van der Waals surface area contributed by atoms with Crippen LogP contribution in [0.3, 0.4) is 0 Å². The highest BCUT2D eigenvalue weighted by atomic mass is 16.5. The van der Waals surface area contributed by atoms with Crippen molar-refractivity contribution in [1.82, 2.24) is 9.55 Å². The van der Waals surface area contributed by atoms with Crippen molar-refractivity contribution in [3.63, 3.8) is 0 Å². The molecule has 0 aliphatic carbocycles. The van der Waals surface area contributed by atoms with Crippen LogP contribution in [0.2, 0.25) is 0 Å². The molecule has 0 fully saturated rings. The average molecular weight is 273 g/mol. The molecule has 0 bridgehead atoms. The van der Waals surface area contributed by atoms with E-state index >= 15 is 0 Å². The van der Waals surface area contributed by atoms with E-state index in [0.29, 0.717) is 5.82 Å². The summed E-state index contributed by atoms with van der Waals surface area (Å²) in [7, 11) is 0. The number of imidazole rings is 1. The average Bonchev–Trinajstić information content (AvgIpc) is 2.79. The minimum atomic E-state index is -0.0699. The Hall–Kier alpha value is -1.97. The molecule has 0 unspecified atom stereocenters. The first kappa shape index (κ1) is 14.4. The molecule has 1 aromatic carbocycles. The number of nitrogens with two attached hydrogens (primary N) is 1. The van der Waals surface area contributed by atoms with Crippen molar-refractivity contribution in [2.45, 2.75) is 39.7 Å². The highest BCUT2D eigenvalue weighted by Crippen LogP contribution is 2.29. The smallest absolute Gasteiger partial charge is 0.132 e. The van der Waals surface area contributed by atoms with Gasteiger partial charge in [-0.05, 0) is 51.5 Å². The van der Waals surface area contributed by atoms with E-state index in [-0.39, 0.29) is 5.54 Å². The predicted molar refractivity (Wildman–Crippen MR) is 82.9 cm³/mol. The van der Waals surface area contributed by atoms with Crippen molar-refractivity contribution >= 4 is 5.82 Å². The summed E-state index contributed by atoms with van der Waals surface area (Å²) < 4.78 is 7.57. The third-order valence-electron chi connectivity index (χ3n) is 3.13. The van der Waals surface area contributed by atoms with Crippen LogP contribution in [-0.2, 0) is 5.54 Å². The highest BCUT2D eigenvalue weighted by Gasteiger charge is 2.19. The number of nitrogens with zero attached hydrogens (tertiary/aromatic N) is 2. The lowest BCUT2D eigenvalue weighted by Gasteiger charge is -2.22. The predicted octanol–water partition coefficient (Wildman–Crippen LogP) is 3.68. The Labute approximate surface area is 120 Å². The summed E-state index contributed by atoms with van der Waals surface area (Å²) >= 11 is 0. The third kappa shape index (κ3) is 2.95. The zero-order valence-electron chi connectivity index (χ0n) is 12.7. The first-order chi connectivity index (χ1) is 9.43. The van der Waals surface area contributed by atoms with Crippen molar-refractivity contribution in [3.8, 4) is 17.0 Å². The Morgan fingerprint density at radius 2 is 1.85 bits per heavy atom. The van der Waals surface area contributed by atoms with Gasteiger partial charge in [0.25, 0.3) is 0 Å². The lowest BCUT2D eigenvalue weighted by atomic mass is 10.1. The maximum Gasteiger partial charge on any atom is 0.132 e. The summed E-state index contributed by atoms with van der Waals surface area (Å²) in [4.78, 5) is 4.44. The summed E-state index contributed by atoms with van der Waals surface area (Å²) in [6.07, 6.45) is 2.80. The number of nitrogen functional groups attached to an aromatic ring is 1. The van der Waals surface area contributed by atoms with Crippen LogP contribution in [0, 0.1) is 0 Å². The van der Waals surface area contributed by atoms with E-state index in [1.54, 1.807) is 6.33 Å². The van der Waals surface area contributed by atoms with Gasteiger partial charge in [0.15, 0.2) is 0 Å². The van der Waals surface area contributed by atoms with E-state index in [0.717, 1.165) is 30.0 Å². The zero-order chi connectivity index (χ0) is 14.8. The Bertz CT molecular complexity index is 564. The summed E-state index contributed by atoms with van der Waals surface area (Å²) in [5.74, 6) is 1.57. The number of rotatable bonds is 4. The zero-order valence-corrected chi connectivity index (χ0v) is 12.7. The molecule has 0 spiro atoms. The Morgan fingerprint density at radius 1 is 1.20 bits per heavy atom. The normalized spacial score (nSPS) is 11.6. The SMILES string of the molecule is CCCOc1ccc(-c2ncn(C(C)(C)C)c2N)cc1. The molecule has 2 N–H and O–H groups in total. The second kappa shape index (κ2) is 5.57. The molecule has 0 radical (unpaired) electrons. The van der Waals surface area contributed by atoms with Gasteiger partial charge in [-0.1, -0.05) is 6.92 Å². The van der Waals surface area contributed by atoms with Crippen LogP contribution in [0.5, 0.6) is 5.75 Å². The van der Waals surface area contributed by atoms with Crippen LogP contribution in [0.1, 0.15) is 34.1 Å². The van der Waals surface area contributed by atoms with E-state index in [1.807, 2.05) is 28.8 Å². The Morgan fingerprint density at radius 3 is 2.35 bits per heavy atom. The second-order valence-corrected chi connectivity index (χ2v) is 5.89. The summed E-state index contributed by atoms with van der Waals surface area (Å²) in [6.45, 7) is 9.15. The molecule has 4 nitrogen and oxygen atoms in total. The van der Waals surface area contributed by atoms with Gasteiger partial charge in [-0.3, -0.25) is 0 Å². The summed E-state index contributed by atoms with van der Waals surface area (Å²) in [6, 6.07) is 7.91. The van der Waals surface area contributed by atoms with Gasteiger partial charge >= 0.3 is 0 Å². The Kier molecular flexibility index (Phi) is 4.02. The number of aromatic nitrogens is 2. The Balaban J connectivity index is 2.26. The van der Waals surface area contributed by atoms with Crippen molar-refractivity contribution < 1.29 is 4.74 Å². The maximum atomic E-state index is 6.21. The number of hydrogen-bond donors (Lipinski definition) is 1. The second-order valence-electron chi connectivity index (χ2n) is 5.89. The van der Waals surface area contributed by atoms with E-state index < -0.39 is 0 Å². The van der Waals surface area contributed by atoms with Gasteiger partial charge in [-0.2, -0.15) is 0 Å². The van der Waals surface area contributed by atoms with E-state index in [9.17, 15) is 0 Å². The quantitative estimate of drug-likeness (QED) is 0.924. The fraction of sp³-hybridized carbons (Fsp3) is 0.438. The molecule has 4 heteroatoms. The molecular weight excluding hydrogens is 250 g/mol. The molecule has 0 atom stereocenters. The minimum absolute atomic E-state index is 0.0699. The minimum Gasteiger partial charge on any atom is -0.494 e. The van der Waals surface area contributed by atoms with Crippen molar-refractivity contribution in [3.05, 3.63) is 30.6 Å². The molecule has 0 aliphatic heterocycles. The topological polar surface area (TPSA) is 53.1 Å². The number of ether oxygens (including phenoxy) is 1. The van der Waals surface area contributed by atoms with E-state index in [1.165, 1.54) is 0 Å². The number of anilines is 1. The maximum absolute atomic E-state index is 6.21. The van der Waals surface area contributed by atoms with Gasteiger partial charge < -0.3 is 15.0 Å². The molecule has 0 saturated carbocycles. The van der Waals surface area contributed by atoms with E-state index in [4.69, 9.17) is 10.5 Å². The van der Waals surface area contributed by atoms with E-state index in [2.05, 4.69) is 32.7 Å². The van der Waals surface area contributed by atoms with Crippen molar-refractivity contribution in [1.29, 1.82) is 0 Å². The van der Waals surface area contributed by atoms with Crippen LogP contribution in [0.25, 0.3) is 11.3 Å². The molecule has 2 aromatic rings. The molecule has 2 rings (SSSR count). The van der Waals surface area contributed by atoms with Gasteiger partial charge in [0, 0.05) is 11.1 Å². The summed E-state index contributed by atoms with van der Waals surface area (Å²) in [5.41, 5.74) is 7.97. The van der Waals surface area contributed by atoms with Crippen LogP contribution in [-0.4, -0.2) is 16.2 Å². The summed E-state index contributed by atoms with van der Waals surface area (Å²) in [5, 5.41) is 0. The van der Waals surface area contributed by atoms with Crippen LogP contribution < -0.4 is 10.5 Å². The first-order valence-electron chi connectivity index (χ1n) is 7.00. The van der Waals surface area contributed by atoms with Gasteiger partial charge in [-0.15, -0.1) is 0 Å². The molecule has 0 aliphatic rings. The molecular formula is C16H23N3O. The lowest BCUT2D eigenvalue weighted by Crippen LogP contribution is -2.22. The first-order valence-corrected chi connectivity index (χ1v) is 7.00. The van der Waals surface area contributed by atoms with Gasteiger partial charge in [0.2, 0.25) is 0 Å². The monoisotopic (exact) mass is 273 g/mol. The van der Waals surface area contributed by atoms with Crippen LogP contribution in [0.15, 0.2) is 30.6 Å². The molecule has 108 valence electrons. The van der Waals surface area contributed by atoms with Crippen molar-refractivity contribution in [2.75, 3.05) is 12.3 Å². The van der Waals surface area contributed by atoms with Gasteiger partial charge in [0.1, 0.15) is 17.3 Å². The third-order valence-corrected chi connectivity index (χ3v) is 3.13. The van der Waals surface area contributed by atoms with Gasteiger partial charge in [-0.25, -0.2) is 4.98 Å². The molecule has 1 aromatic heterocycles. The molecule has 0 amide bonds. The number of benzene rings is 1. The highest BCUT2D eigenvalue weighted by molar-refractivity contribution is 5.71. The van der Waals surface area contributed by atoms with Gasteiger partial charge in [0.05, 0.1) is 12.9 Å². The lowest BCUT2D eigenvalue weighted by molar-refractivity contribution is 0.317.